The smallest absolute Gasteiger partial charge is 0.241 e. The van der Waals surface area contributed by atoms with E-state index in [9.17, 15) is 8.42 Å². The third kappa shape index (κ3) is 3.55. The second kappa shape index (κ2) is 6.05. The van der Waals surface area contributed by atoms with Gasteiger partial charge in [-0.15, -0.1) is 0 Å². The van der Waals surface area contributed by atoms with E-state index in [0.717, 1.165) is 0 Å². The highest BCUT2D eigenvalue weighted by molar-refractivity contribution is 7.89. The molecule has 2 aromatic rings. The van der Waals surface area contributed by atoms with E-state index < -0.39 is 10.0 Å². The second-order valence-electron chi connectivity index (χ2n) is 4.52. The quantitative estimate of drug-likeness (QED) is 0.820. The minimum absolute atomic E-state index is 0.0335. The lowest BCUT2D eigenvalue weighted by Gasteiger charge is -2.10. The highest BCUT2D eigenvalue weighted by Crippen LogP contribution is 2.26. The standard InChI is InChI=1S/C13H16ClN3O3S/c1-3-10-6-16-13(20-10)7-17-21(18,19)12-5-9(14)4-11(15)8(12)2/h4-6,17H,3,7,15H2,1-2H3. The monoisotopic (exact) mass is 329 g/mol. The van der Waals surface area contributed by atoms with Gasteiger partial charge in [-0.25, -0.2) is 18.1 Å². The number of nitrogens with two attached hydrogens (primary N) is 1. The van der Waals surface area contributed by atoms with Gasteiger partial charge in [0.1, 0.15) is 5.76 Å². The molecular formula is C13H16ClN3O3S. The van der Waals surface area contributed by atoms with Crippen LogP contribution in [0.2, 0.25) is 5.02 Å². The molecule has 0 aliphatic carbocycles. The molecule has 1 heterocycles. The molecule has 1 aromatic carbocycles. The summed E-state index contributed by atoms with van der Waals surface area (Å²) in [6.07, 6.45) is 2.27. The molecule has 2 rings (SSSR count). The first kappa shape index (κ1) is 15.8. The van der Waals surface area contributed by atoms with E-state index in [-0.39, 0.29) is 16.5 Å². The first-order valence-electron chi connectivity index (χ1n) is 6.32. The molecule has 0 spiro atoms. The number of nitrogens with zero attached hydrogens (tertiary/aromatic N) is 1. The number of nitrogens with one attached hydrogen (secondary N) is 1. The fourth-order valence-electron chi connectivity index (χ4n) is 1.78. The van der Waals surface area contributed by atoms with Gasteiger partial charge in [-0.05, 0) is 24.6 Å². The van der Waals surface area contributed by atoms with Gasteiger partial charge in [0.25, 0.3) is 0 Å². The maximum atomic E-state index is 12.3. The molecular weight excluding hydrogens is 314 g/mol. The van der Waals surface area contributed by atoms with Crippen LogP contribution >= 0.6 is 11.6 Å². The Morgan fingerprint density at radius 2 is 2.14 bits per heavy atom. The molecule has 0 aliphatic rings. The predicted molar refractivity (Wildman–Crippen MR) is 80.5 cm³/mol. The van der Waals surface area contributed by atoms with Crippen molar-refractivity contribution in [3.63, 3.8) is 0 Å². The average Bonchev–Trinajstić information content (AvgIpc) is 2.88. The molecule has 0 radical (unpaired) electrons. The molecule has 8 heteroatoms. The van der Waals surface area contributed by atoms with Gasteiger partial charge in [0.2, 0.25) is 15.9 Å². The van der Waals surface area contributed by atoms with Gasteiger partial charge in [-0.2, -0.15) is 0 Å². The molecule has 21 heavy (non-hydrogen) atoms. The van der Waals surface area contributed by atoms with Crippen molar-refractivity contribution in [2.45, 2.75) is 31.7 Å². The Labute approximate surface area is 128 Å². The van der Waals surface area contributed by atoms with Crippen molar-refractivity contribution in [3.8, 4) is 0 Å². The summed E-state index contributed by atoms with van der Waals surface area (Å²) in [5.41, 5.74) is 6.52. The number of oxazole rings is 1. The van der Waals surface area contributed by atoms with Crippen molar-refractivity contribution in [2.24, 2.45) is 0 Å². The molecule has 6 nitrogen and oxygen atoms in total. The molecule has 0 amide bonds. The van der Waals surface area contributed by atoms with Gasteiger partial charge in [0.15, 0.2) is 0 Å². The molecule has 0 unspecified atom stereocenters. The number of aryl methyl sites for hydroxylation is 1. The number of aromatic nitrogens is 1. The van der Waals surface area contributed by atoms with Crippen LogP contribution in [0, 0.1) is 6.92 Å². The van der Waals surface area contributed by atoms with Crippen LogP contribution in [0.25, 0.3) is 0 Å². The van der Waals surface area contributed by atoms with E-state index in [1.807, 2.05) is 6.92 Å². The van der Waals surface area contributed by atoms with Crippen LogP contribution in [0.1, 0.15) is 24.1 Å². The van der Waals surface area contributed by atoms with Gasteiger partial charge in [0, 0.05) is 17.1 Å². The number of hydrogen-bond donors (Lipinski definition) is 2. The highest BCUT2D eigenvalue weighted by atomic mass is 35.5. The van der Waals surface area contributed by atoms with Crippen molar-refractivity contribution in [1.29, 1.82) is 0 Å². The van der Waals surface area contributed by atoms with Crippen LogP contribution < -0.4 is 10.5 Å². The highest BCUT2D eigenvalue weighted by Gasteiger charge is 2.19. The average molecular weight is 330 g/mol. The summed E-state index contributed by atoms with van der Waals surface area (Å²) >= 11 is 5.86. The van der Waals surface area contributed by atoms with Crippen molar-refractivity contribution in [2.75, 3.05) is 5.73 Å². The zero-order valence-electron chi connectivity index (χ0n) is 11.7. The summed E-state index contributed by atoms with van der Waals surface area (Å²) in [6, 6.07) is 2.88. The Bertz CT molecular complexity index is 756. The summed E-state index contributed by atoms with van der Waals surface area (Å²) in [4.78, 5) is 4.05. The van der Waals surface area contributed by atoms with Gasteiger partial charge in [-0.3, -0.25) is 0 Å². The van der Waals surface area contributed by atoms with E-state index in [1.54, 1.807) is 13.1 Å². The minimum Gasteiger partial charge on any atom is -0.444 e. The molecule has 0 saturated heterocycles. The predicted octanol–water partition coefficient (Wildman–Crippen LogP) is 2.26. The van der Waals surface area contributed by atoms with E-state index in [1.165, 1.54) is 12.1 Å². The maximum Gasteiger partial charge on any atom is 0.241 e. The fourth-order valence-corrected chi connectivity index (χ4v) is 3.34. The lowest BCUT2D eigenvalue weighted by atomic mass is 10.2. The number of rotatable bonds is 5. The van der Waals surface area contributed by atoms with Gasteiger partial charge in [-0.1, -0.05) is 18.5 Å². The number of halogens is 1. The van der Waals surface area contributed by atoms with Crippen LogP contribution in [0.15, 0.2) is 27.6 Å². The van der Waals surface area contributed by atoms with Crippen molar-refractivity contribution in [3.05, 3.63) is 40.6 Å². The first-order valence-corrected chi connectivity index (χ1v) is 8.18. The van der Waals surface area contributed by atoms with E-state index in [4.69, 9.17) is 21.8 Å². The van der Waals surface area contributed by atoms with Crippen LogP contribution in [0.3, 0.4) is 0 Å². The zero-order valence-corrected chi connectivity index (χ0v) is 13.3. The molecule has 0 aliphatic heterocycles. The Kier molecular flexibility index (Phi) is 4.55. The molecule has 114 valence electrons. The lowest BCUT2D eigenvalue weighted by molar-refractivity contribution is 0.452. The Balaban J connectivity index is 2.22. The molecule has 0 atom stereocenters. The van der Waals surface area contributed by atoms with Crippen LogP contribution in [0.5, 0.6) is 0 Å². The van der Waals surface area contributed by atoms with E-state index >= 15 is 0 Å². The first-order chi connectivity index (χ1) is 9.83. The normalized spacial score (nSPS) is 11.8. The second-order valence-corrected chi connectivity index (χ2v) is 6.69. The third-order valence-corrected chi connectivity index (χ3v) is 4.76. The fraction of sp³-hybridized carbons (Fsp3) is 0.308. The molecule has 0 fully saturated rings. The lowest BCUT2D eigenvalue weighted by Crippen LogP contribution is -2.24. The number of hydrogen-bond acceptors (Lipinski definition) is 5. The number of anilines is 1. The van der Waals surface area contributed by atoms with Crippen molar-refractivity contribution in [1.82, 2.24) is 9.71 Å². The van der Waals surface area contributed by atoms with Gasteiger partial charge >= 0.3 is 0 Å². The van der Waals surface area contributed by atoms with Crippen LogP contribution in [-0.4, -0.2) is 13.4 Å². The summed E-state index contributed by atoms with van der Waals surface area (Å²) in [6.45, 7) is 3.52. The summed E-state index contributed by atoms with van der Waals surface area (Å²) < 4.78 is 32.4. The largest absolute Gasteiger partial charge is 0.444 e. The van der Waals surface area contributed by atoms with E-state index in [2.05, 4.69) is 9.71 Å². The Morgan fingerprint density at radius 1 is 1.43 bits per heavy atom. The summed E-state index contributed by atoms with van der Waals surface area (Å²) in [5, 5.41) is 0.267. The Morgan fingerprint density at radius 3 is 2.76 bits per heavy atom. The SMILES string of the molecule is CCc1cnc(CNS(=O)(=O)c2cc(Cl)cc(N)c2C)o1. The minimum atomic E-state index is -3.75. The topological polar surface area (TPSA) is 98.2 Å². The molecule has 0 saturated carbocycles. The molecule has 0 bridgehead atoms. The summed E-state index contributed by atoms with van der Waals surface area (Å²) in [7, 11) is -3.75. The molecule has 3 N–H and O–H groups in total. The third-order valence-electron chi connectivity index (χ3n) is 3.02. The Hall–Kier alpha value is -1.57. The van der Waals surface area contributed by atoms with Gasteiger partial charge < -0.3 is 10.2 Å². The van der Waals surface area contributed by atoms with E-state index in [0.29, 0.717) is 29.3 Å². The van der Waals surface area contributed by atoms with Crippen LogP contribution in [0.4, 0.5) is 5.69 Å². The number of benzene rings is 1. The summed E-state index contributed by atoms with van der Waals surface area (Å²) in [5.74, 6) is 1.01. The van der Waals surface area contributed by atoms with Crippen molar-refractivity contribution >= 4 is 27.3 Å². The number of nitrogen functional groups attached to an aromatic ring is 1. The number of sulfonamides is 1. The van der Waals surface area contributed by atoms with Crippen molar-refractivity contribution < 1.29 is 12.8 Å². The zero-order chi connectivity index (χ0) is 15.6. The van der Waals surface area contributed by atoms with Crippen LogP contribution in [-0.2, 0) is 23.0 Å². The van der Waals surface area contributed by atoms with Gasteiger partial charge in [0.05, 0.1) is 17.6 Å². The maximum absolute atomic E-state index is 12.3. The molecule has 1 aromatic heterocycles.